The van der Waals surface area contributed by atoms with Gasteiger partial charge in [-0.1, -0.05) is 6.92 Å². The highest BCUT2D eigenvalue weighted by Gasteiger charge is 2.14. The third kappa shape index (κ3) is 4.24. The van der Waals surface area contributed by atoms with Crippen LogP contribution < -0.4 is 5.32 Å². The number of anilines is 1. The van der Waals surface area contributed by atoms with Crippen LogP contribution in [0.25, 0.3) is 0 Å². The van der Waals surface area contributed by atoms with Crippen molar-refractivity contribution in [3.05, 3.63) is 29.8 Å². The van der Waals surface area contributed by atoms with Crippen LogP contribution in [-0.2, 0) is 9.47 Å². The van der Waals surface area contributed by atoms with Crippen molar-refractivity contribution < 1.29 is 14.3 Å². The predicted molar refractivity (Wildman–Crippen MR) is 74.5 cm³/mol. The van der Waals surface area contributed by atoms with E-state index in [-0.39, 0.29) is 5.97 Å². The molecular formula is C15H21NO3. The SMILES string of the molecule is CCCOC(=O)c1ccc(NCC2CCCO2)cc1. The van der Waals surface area contributed by atoms with Crippen molar-refractivity contribution in [2.45, 2.75) is 32.3 Å². The quantitative estimate of drug-likeness (QED) is 0.802. The van der Waals surface area contributed by atoms with Crippen LogP contribution in [-0.4, -0.2) is 31.8 Å². The van der Waals surface area contributed by atoms with E-state index in [0.717, 1.165) is 38.1 Å². The molecule has 1 aliphatic rings. The minimum Gasteiger partial charge on any atom is -0.462 e. The number of nitrogens with one attached hydrogen (secondary N) is 1. The zero-order chi connectivity index (χ0) is 13.5. The molecule has 104 valence electrons. The molecule has 1 aromatic rings. The summed E-state index contributed by atoms with van der Waals surface area (Å²) in [5, 5.41) is 3.32. The van der Waals surface area contributed by atoms with Gasteiger partial charge in [-0.3, -0.25) is 0 Å². The average molecular weight is 263 g/mol. The number of carbonyl (C=O) groups excluding carboxylic acids is 1. The molecule has 0 aliphatic carbocycles. The zero-order valence-electron chi connectivity index (χ0n) is 11.4. The lowest BCUT2D eigenvalue weighted by Gasteiger charge is -2.12. The minimum atomic E-state index is -0.257. The second-order valence-corrected chi connectivity index (χ2v) is 4.73. The fraction of sp³-hybridized carbons (Fsp3) is 0.533. The van der Waals surface area contributed by atoms with Gasteiger partial charge in [-0.2, -0.15) is 0 Å². The molecule has 19 heavy (non-hydrogen) atoms. The molecule has 1 atom stereocenters. The highest BCUT2D eigenvalue weighted by Crippen LogP contribution is 2.15. The smallest absolute Gasteiger partial charge is 0.338 e. The van der Waals surface area contributed by atoms with Crippen LogP contribution in [0.15, 0.2) is 24.3 Å². The van der Waals surface area contributed by atoms with Crippen molar-refractivity contribution in [2.75, 3.05) is 25.1 Å². The molecule has 0 saturated carbocycles. The molecule has 0 bridgehead atoms. The van der Waals surface area contributed by atoms with Gasteiger partial charge in [0.25, 0.3) is 0 Å². The Balaban J connectivity index is 1.81. The molecule has 1 aromatic carbocycles. The number of hydrogen-bond donors (Lipinski definition) is 1. The lowest BCUT2D eigenvalue weighted by atomic mass is 10.2. The normalized spacial score (nSPS) is 18.3. The molecule has 1 N–H and O–H groups in total. The molecule has 0 radical (unpaired) electrons. The molecule has 1 heterocycles. The Morgan fingerprint density at radius 2 is 2.21 bits per heavy atom. The van der Waals surface area contributed by atoms with Gasteiger partial charge in [0.1, 0.15) is 0 Å². The lowest BCUT2D eigenvalue weighted by molar-refractivity contribution is 0.0505. The summed E-state index contributed by atoms with van der Waals surface area (Å²) in [6.07, 6.45) is 3.42. The van der Waals surface area contributed by atoms with Crippen LogP contribution >= 0.6 is 0 Å². The van der Waals surface area contributed by atoms with Crippen LogP contribution in [0.5, 0.6) is 0 Å². The Morgan fingerprint density at radius 1 is 1.42 bits per heavy atom. The predicted octanol–water partition coefficient (Wildman–Crippen LogP) is 2.84. The van der Waals surface area contributed by atoms with Crippen molar-refractivity contribution >= 4 is 11.7 Å². The van der Waals surface area contributed by atoms with Gasteiger partial charge >= 0.3 is 5.97 Å². The Bertz CT molecular complexity index is 396. The van der Waals surface area contributed by atoms with E-state index >= 15 is 0 Å². The number of carbonyl (C=O) groups is 1. The van der Waals surface area contributed by atoms with Crippen LogP contribution in [0.2, 0.25) is 0 Å². The number of esters is 1. The maximum atomic E-state index is 11.6. The highest BCUT2D eigenvalue weighted by atomic mass is 16.5. The summed E-state index contributed by atoms with van der Waals surface area (Å²) in [5.41, 5.74) is 1.60. The van der Waals surface area contributed by atoms with Gasteiger partial charge in [-0.05, 0) is 43.5 Å². The van der Waals surface area contributed by atoms with Crippen LogP contribution in [0, 0.1) is 0 Å². The second-order valence-electron chi connectivity index (χ2n) is 4.73. The van der Waals surface area contributed by atoms with Crippen molar-refractivity contribution in [1.82, 2.24) is 0 Å². The van der Waals surface area contributed by atoms with Crippen molar-refractivity contribution in [2.24, 2.45) is 0 Å². The summed E-state index contributed by atoms with van der Waals surface area (Å²) in [7, 11) is 0. The largest absolute Gasteiger partial charge is 0.462 e. The molecule has 4 nitrogen and oxygen atoms in total. The monoisotopic (exact) mass is 263 g/mol. The zero-order valence-corrected chi connectivity index (χ0v) is 11.4. The first-order chi connectivity index (χ1) is 9.29. The van der Waals surface area contributed by atoms with Gasteiger partial charge in [0, 0.05) is 18.8 Å². The third-order valence-corrected chi connectivity index (χ3v) is 3.12. The van der Waals surface area contributed by atoms with Gasteiger partial charge in [-0.15, -0.1) is 0 Å². The van der Waals surface area contributed by atoms with Crippen molar-refractivity contribution in [1.29, 1.82) is 0 Å². The first-order valence-electron chi connectivity index (χ1n) is 6.92. The highest BCUT2D eigenvalue weighted by molar-refractivity contribution is 5.89. The van der Waals surface area contributed by atoms with Crippen molar-refractivity contribution in [3.63, 3.8) is 0 Å². The maximum absolute atomic E-state index is 11.6. The van der Waals surface area contributed by atoms with E-state index in [9.17, 15) is 4.79 Å². The van der Waals surface area contributed by atoms with E-state index in [4.69, 9.17) is 9.47 Å². The summed E-state index contributed by atoms with van der Waals surface area (Å²) in [6, 6.07) is 7.38. The Labute approximate surface area is 114 Å². The first kappa shape index (κ1) is 13.9. The molecule has 0 spiro atoms. The molecule has 1 saturated heterocycles. The molecule has 1 fully saturated rings. The molecule has 2 rings (SSSR count). The second kappa shape index (κ2) is 7.14. The maximum Gasteiger partial charge on any atom is 0.338 e. The molecule has 1 aliphatic heterocycles. The van der Waals surface area contributed by atoms with Gasteiger partial charge in [-0.25, -0.2) is 4.79 Å². The molecule has 4 heteroatoms. The van der Waals surface area contributed by atoms with Crippen LogP contribution in [0.1, 0.15) is 36.5 Å². The fourth-order valence-electron chi connectivity index (χ4n) is 2.04. The van der Waals surface area contributed by atoms with Gasteiger partial charge < -0.3 is 14.8 Å². The molecule has 0 amide bonds. The van der Waals surface area contributed by atoms with E-state index in [1.54, 1.807) is 12.1 Å². The van der Waals surface area contributed by atoms with Gasteiger partial charge in [0.15, 0.2) is 0 Å². The Kier molecular flexibility index (Phi) is 5.21. The van der Waals surface area contributed by atoms with E-state index in [2.05, 4.69) is 5.32 Å². The number of rotatable bonds is 6. The standard InChI is InChI=1S/C15H21NO3/c1-2-9-19-15(17)12-5-7-13(8-6-12)16-11-14-4-3-10-18-14/h5-8,14,16H,2-4,9-11H2,1H3. The minimum absolute atomic E-state index is 0.257. The van der Waals surface area contributed by atoms with E-state index in [1.807, 2.05) is 19.1 Å². The summed E-state index contributed by atoms with van der Waals surface area (Å²) in [4.78, 5) is 11.6. The summed E-state index contributed by atoms with van der Waals surface area (Å²) in [6.45, 7) is 4.14. The third-order valence-electron chi connectivity index (χ3n) is 3.12. The van der Waals surface area contributed by atoms with Crippen molar-refractivity contribution in [3.8, 4) is 0 Å². The average Bonchev–Trinajstić information content (AvgIpc) is 2.96. The van der Waals surface area contributed by atoms with Gasteiger partial charge in [0.2, 0.25) is 0 Å². The van der Waals surface area contributed by atoms with Crippen LogP contribution in [0.3, 0.4) is 0 Å². The summed E-state index contributed by atoms with van der Waals surface area (Å²) < 4.78 is 10.6. The topological polar surface area (TPSA) is 47.6 Å². The van der Waals surface area contributed by atoms with Crippen LogP contribution in [0.4, 0.5) is 5.69 Å². The first-order valence-corrected chi connectivity index (χ1v) is 6.92. The van der Waals surface area contributed by atoms with E-state index in [1.165, 1.54) is 0 Å². The van der Waals surface area contributed by atoms with E-state index in [0.29, 0.717) is 18.3 Å². The van der Waals surface area contributed by atoms with Gasteiger partial charge in [0.05, 0.1) is 18.3 Å². The molecular weight excluding hydrogens is 242 g/mol. The number of hydrogen-bond acceptors (Lipinski definition) is 4. The lowest BCUT2D eigenvalue weighted by Crippen LogP contribution is -2.18. The number of ether oxygens (including phenoxy) is 2. The summed E-state index contributed by atoms with van der Waals surface area (Å²) >= 11 is 0. The number of benzene rings is 1. The Morgan fingerprint density at radius 3 is 2.84 bits per heavy atom. The fourth-order valence-corrected chi connectivity index (χ4v) is 2.04. The molecule has 1 unspecified atom stereocenters. The molecule has 0 aromatic heterocycles. The Hall–Kier alpha value is -1.55. The summed E-state index contributed by atoms with van der Waals surface area (Å²) in [5.74, 6) is -0.257. The van der Waals surface area contributed by atoms with E-state index < -0.39 is 0 Å².